The van der Waals surface area contributed by atoms with Gasteiger partial charge < -0.3 is 5.32 Å². The number of aryl methyl sites for hydroxylation is 2. The summed E-state index contributed by atoms with van der Waals surface area (Å²) in [5, 5.41) is 11.4. The maximum atomic E-state index is 13.6. The van der Waals surface area contributed by atoms with Crippen molar-refractivity contribution in [3.8, 4) is 6.07 Å². The lowest BCUT2D eigenvalue weighted by molar-refractivity contribution is -0.112. The molecule has 2 aromatic rings. The zero-order valence-electron chi connectivity index (χ0n) is 12.7. The van der Waals surface area contributed by atoms with Crippen LogP contribution in [-0.4, -0.2) is 5.91 Å². The highest BCUT2D eigenvalue weighted by Gasteiger charge is 2.13. The van der Waals surface area contributed by atoms with Gasteiger partial charge in [-0.1, -0.05) is 23.8 Å². The zero-order valence-corrected chi connectivity index (χ0v) is 12.7. The van der Waals surface area contributed by atoms with E-state index in [9.17, 15) is 13.6 Å². The molecule has 0 aliphatic carbocycles. The molecule has 0 aliphatic heterocycles. The molecule has 0 saturated heterocycles. The molecule has 0 atom stereocenters. The molecule has 0 saturated carbocycles. The number of amides is 1. The third kappa shape index (κ3) is 4.01. The number of nitrogens with one attached hydrogen (secondary N) is 1. The van der Waals surface area contributed by atoms with Crippen molar-refractivity contribution in [2.75, 3.05) is 5.32 Å². The first-order chi connectivity index (χ1) is 10.9. The summed E-state index contributed by atoms with van der Waals surface area (Å²) in [4.78, 5) is 12.1. The first-order valence-electron chi connectivity index (χ1n) is 6.86. The third-order valence-electron chi connectivity index (χ3n) is 3.27. The molecule has 1 amide bonds. The monoisotopic (exact) mass is 312 g/mol. The lowest BCUT2D eigenvalue weighted by Gasteiger charge is -2.07. The van der Waals surface area contributed by atoms with E-state index in [0.29, 0.717) is 6.07 Å². The lowest BCUT2D eigenvalue weighted by Crippen LogP contribution is -2.14. The van der Waals surface area contributed by atoms with Crippen LogP contribution in [0.2, 0.25) is 0 Å². The molecule has 2 aromatic carbocycles. The highest BCUT2D eigenvalue weighted by Crippen LogP contribution is 2.18. The number of halogens is 2. The fraction of sp³-hybridized carbons (Fsp3) is 0.111. The second-order valence-corrected chi connectivity index (χ2v) is 5.11. The topological polar surface area (TPSA) is 52.9 Å². The summed E-state index contributed by atoms with van der Waals surface area (Å²) in [5.41, 5.74) is 2.36. The molecule has 116 valence electrons. The number of nitrogens with zero attached hydrogens (tertiary/aromatic N) is 1. The smallest absolute Gasteiger partial charge is 0.266 e. The van der Waals surface area contributed by atoms with Gasteiger partial charge in [-0.3, -0.25) is 4.79 Å². The van der Waals surface area contributed by atoms with Crippen molar-refractivity contribution in [2.24, 2.45) is 0 Å². The van der Waals surface area contributed by atoms with Gasteiger partial charge in [0.05, 0.1) is 5.69 Å². The molecule has 0 unspecified atom stereocenters. The summed E-state index contributed by atoms with van der Waals surface area (Å²) in [6.45, 7) is 3.81. The number of nitriles is 1. The minimum Gasteiger partial charge on any atom is -0.319 e. The lowest BCUT2D eigenvalue weighted by atomic mass is 10.0. The van der Waals surface area contributed by atoms with E-state index in [2.05, 4.69) is 5.32 Å². The molecule has 0 spiro atoms. The van der Waals surface area contributed by atoms with Crippen LogP contribution in [0.3, 0.4) is 0 Å². The van der Waals surface area contributed by atoms with E-state index >= 15 is 0 Å². The summed E-state index contributed by atoms with van der Waals surface area (Å²) >= 11 is 0. The van der Waals surface area contributed by atoms with Gasteiger partial charge in [0, 0.05) is 6.07 Å². The van der Waals surface area contributed by atoms with Crippen molar-refractivity contribution in [3.05, 3.63) is 70.3 Å². The van der Waals surface area contributed by atoms with Gasteiger partial charge in [-0.25, -0.2) is 8.78 Å². The van der Waals surface area contributed by atoms with Crippen LogP contribution in [0.4, 0.5) is 14.5 Å². The minimum absolute atomic E-state index is 0.166. The summed E-state index contributed by atoms with van der Waals surface area (Å²) in [7, 11) is 0. The maximum absolute atomic E-state index is 13.6. The molecule has 23 heavy (non-hydrogen) atoms. The average Bonchev–Trinajstić information content (AvgIpc) is 2.49. The second kappa shape index (κ2) is 6.84. The highest BCUT2D eigenvalue weighted by molar-refractivity contribution is 6.09. The van der Waals surface area contributed by atoms with Gasteiger partial charge in [0.1, 0.15) is 23.3 Å². The molecular formula is C18H14F2N2O. The van der Waals surface area contributed by atoms with Gasteiger partial charge >= 0.3 is 0 Å². The number of benzene rings is 2. The molecular weight excluding hydrogens is 298 g/mol. The molecule has 0 bridgehead atoms. The minimum atomic E-state index is -0.901. The SMILES string of the molecule is Cc1ccc(/C=C(\C#N)C(=O)Nc2ccc(F)cc2F)c(C)c1. The highest BCUT2D eigenvalue weighted by atomic mass is 19.1. The van der Waals surface area contributed by atoms with Crippen LogP contribution in [0.25, 0.3) is 6.08 Å². The van der Waals surface area contributed by atoms with Gasteiger partial charge in [-0.15, -0.1) is 0 Å². The quantitative estimate of drug-likeness (QED) is 0.684. The van der Waals surface area contributed by atoms with Gasteiger partial charge in [-0.05, 0) is 43.2 Å². The number of rotatable bonds is 3. The Morgan fingerprint density at radius 3 is 2.52 bits per heavy atom. The van der Waals surface area contributed by atoms with E-state index in [1.54, 1.807) is 12.1 Å². The maximum Gasteiger partial charge on any atom is 0.266 e. The predicted octanol–water partition coefficient (Wildman–Crippen LogP) is 4.13. The normalized spacial score (nSPS) is 11.0. The predicted molar refractivity (Wildman–Crippen MR) is 84.5 cm³/mol. The Balaban J connectivity index is 2.28. The first kappa shape index (κ1) is 16.4. The molecule has 0 heterocycles. The molecule has 0 radical (unpaired) electrons. The van der Waals surface area contributed by atoms with Crippen molar-refractivity contribution >= 4 is 17.7 Å². The van der Waals surface area contributed by atoms with Crippen LogP contribution in [0.5, 0.6) is 0 Å². The average molecular weight is 312 g/mol. The van der Waals surface area contributed by atoms with Crippen molar-refractivity contribution in [2.45, 2.75) is 13.8 Å². The number of carbonyl (C=O) groups excluding carboxylic acids is 1. The second-order valence-electron chi connectivity index (χ2n) is 5.11. The number of carbonyl (C=O) groups is 1. The Kier molecular flexibility index (Phi) is 4.87. The van der Waals surface area contributed by atoms with Gasteiger partial charge in [-0.2, -0.15) is 5.26 Å². The standard InChI is InChI=1S/C18H14F2N2O/c1-11-3-4-13(12(2)7-11)8-14(10-21)18(23)22-17-6-5-15(19)9-16(17)20/h3-9H,1-2H3,(H,22,23)/b14-8+. The van der Waals surface area contributed by atoms with Crippen molar-refractivity contribution in [1.29, 1.82) is 5.26 Å². The number of hydrogen-bond donors (Lipinski definition) is 1. The number of hydrogen-bond acceptors (Lipinski definition) is 2. The Hall–Kier alpha value is -3.00. The first-order valence-corrected chi connectivity index (χ1v) is 6.86. The summed E-state index contributed by atoms with van der Waals surface area (Å²) in [5.74, 6) is -2.40. The van der Waals surface area contributed by atoms with E-state index < -0.39 is 17.5 Å². The van der Waals surface area contributed by atoms with Crippen LogP contribution < -0.4 is 5.32 Å². The Bertz CT molecular complexity index is 835. The molecule has 3 nitrogen and oxygen atoms in total. The number of anilines is 1. The molecule has 0 aromatic heterocycles. The van der Waals surface area contributed by atoms with E-state index in [1.807, 2.05) is 26.0 Å². The van der Waals surface area contributed by atoms with Crippen molar-refractivity contribution in [1.82, 2.24) is 0 Å². The summed E-state index contributed by atoms with van der Waals surface area (Å²) < 4.78 is 26.4. The van der Waals surface area contributed by atoms with Crippen molar-refractivity contribution < 1.29 is 13.6 Å². The van der Waals surface area contributed by atoms with Crippen molar-refractivity contribution in [3.63, 3.8) is 0 Å². The van der Waals surface area contributed by atoms with E-state index in [4.69, 9.17) is 5.26 Å². The molecule has 0 fully saturated rings. The van der Waals surface area contributed by atoms with Crippen LogP contribution in [-0.2, 0) is 4.79 Å². The van der Waals surface area contributed by atoms with E-state index in [0.717, 1.165) is 28.8 Å². The van der Waals surface area contributed by atoms with Gasteiger partial charge in [0.2, 0.25) is 0 Å². The van der Waals surface area contributed by atoms with Crippen LogP contribution >= 0.6 is 0 Å². The van der Waals surface area contributed by atoms with Gasteiger partial charge in [0.15, 0.2) is 0 Å². The zero-order chi connectivity index (χ0) is 17.0. The summed E-state index contributed by atoms with van der Waals surface area (Å²) in [6.07, 6.45) is 1.44. The largest absolute Gasteiger partial charge is 0.319 e. The van der Waals surface area contributed by atoms with Crippen LogP contribution in [0, 0.1) is 36.8 Å². The Morgan fingerprint density at radius 2 is 1.91 bits per heavy atom. The van der Waals surface area contributed by atoms with Crippen LogP contribution in [0.15, 0.2) is 42.0 Å². The van der Waals surface area contributed by atoms with E-state index in [-0.39, 0.29) is 11.3 Å². The Morgan fingerprint density at radius 1 is 1.17 bits per heavy atom. The molecule has 0 aliphatic rings. The molecule has 5 heteroatoms. The third-order valence-corrected chi connectivity index (χ3v) is 3.27. The fourth-order valence-electron chi connectivity index (χ4n) is 2.07. The fourth-order valence-corrected chi connectivity index (χ4v) is 2.07. The molecule has 1 N–H and O–H groups in total. The Labute approximate surface area is 132 Å². The summed E-state index contributed by atoms with van der Waals surface area (Å²) in [6, 6.07) is 10.2. The van der Waals surface area contributed by atoms with Crippen LogP contribution in [0.1, 0.15) is 16.7 Å². The van der Waals surface area contributed by atoms with E-state index in [1.165, 1.54) is 6.08 Å². The molecule has 2 rings (SSSR count). The van der Waals surface area contributed by atoms with Gasteiger partial charge in [0.25, 0.3) is 5.91 Å².